The molecule has 0 unspecified atom stereocenters. The Bertz CT molecular complexity index is 3290. The number of nitrogens with zero attached hydrogens (tertiary/aromatic N) is 2. The Kier molecular flexibility index (Phi) is 12.1. The third-order valence-corrected chi connectivity index (χ3v) is 13.7. The normalized spacial score (nSPS) is 11.1. The molecule has 340 valence electrons. The monoisotopic (exact) mass is 918 g/mol. The molecule has 0 atom stereocenters. The maximum atomic E-state index is 2.43. The Labute approximate surface area is 422 Å². The van der Waals surface area contributed by atoms with Gasteiger partial charge in [-0.1, -0.05) is 231 Å². The highest BCUT2D eigenvalue weighted by molar-refractivity contribution is 6.04. The van der Waals surface area contributed by atoms with Gasteiger partial charge in [0.05, 0.1) is 11.4 Å². The Morgan fingerprint density at radius 2 is 0.361 bits per heavy atom. The van der Waals surface area contributed by atoms with Crippen molar-refractivity contribution in [1.82, 2.24) is 0 Å². The van der Waals surface area contributed by atoms with Crippen molar-refractivity contribution < 1.29 is 0 Å². The minimum absolute atomic E-state index is 1.07. The molecule has 0 N–H and O–H groups in total. The second kappa shape index (κ2) is 19.8. The highest BCUT2D eigenvalue weighted by atomic mass is 15.2. The van der Waals surface area contributed by atoms with Crippen molar-refractivity contribution in [2.75, 3.05) is 9.80 Å². The van der Waals surface area contributed by atoms with E-state index in [1.807, 2.05) is 0 Å². The average molecular weight is 919 g/mol. The maximum Gasteiger partial charge on any atom is 0.0546 e. The van der Waals surface area contributed by atoms with Crippen LogP contribution in [0.15, 0.2) is 303 Å². The summed E-state index contributed by atoms with van der Waals surface area (Å²) in [5, 5.41) is 2.27. The Hall–Kier alpha value is -9.50. The number of rotatable bonds is 12. The van der Waals surface area contributed by atoms with Crippen molar-refractivity contribution in [3.05, 3.63) is 303 Å². The van der Waals surface area contributed by atoms with E-state index in [4.69, 9.17) is 0 Å². The molecule has 0 amide bonds. The van der Waals surface area contributed by atoms with Gasteiger partial charge in [-0.15, -0.1) is 0 Å². The van der Waals surface area contributed by atoms with E-state index in [0.29, 0.717) is 0 Å². The van der Waals surface area contributed by atoms with E-state index in [-0.39, 0.29) is 0 Å². The molecule has 0 aliphatic heterocycles. The first-order valence-electron chi connectivity index (χ1n) is 24.7. The molecule has 0 aromatic heterocycles. The fourth-order valence-electron chi connectivity index (χ4n) is 9.98. The van der Waals surface area contributed by atoms with E-state index in [1.165, 1.54) is 44.5 Å². The molecule has 0 saturated carbocycles. The van der Waals surface area contributed by atoms with Gasteiger partial charge in [0.2, 0.25) is 0 Å². The topological polar surface area (TPSA) is 6.48 Å². The summed E-state index contributed by atoms with van der Waals surface area (Å²) in [5.74, 6) is 0. The van der Waals surface area contributed by atoms with E-state index >= 15 is 0 Å². The summed E-state index contributed by atoms with van der Waals surface area (Å²) in [7, 11) is 0. The van der Waals surface area contributed by atoms with Gasteiger partial charge < -0.3 is 9.80 Å². The van der Waals surface area contributed by atoms with Gasteiger partial charge in [0.25, 0.3) is 0 Å². The van der Waals surface area contributed by atoms with E-state index in [0.717, 1.165) is 67.2 Å². The van der Waals surface area contributed by atoms with Crippen molar-refractivity contribution in [3.8, 4) is 66.8 Å². The smallest absolute Gasteiger partial charge is 0.0546 e. The van der Waals surface area contributed by atoms with Crippen LogP contribution in [0.2, 0.25) is 0 Å². The largest absolute Gasteiger partial charge is 0.310 e. The fourth-order valence-corrected chi connectivity index (χ4v) is 9.98. The highest BCUT2D eigenvalue weighted by Crippen LogP contribution is 2.48. The molecule has 0 bridgehead atoms. The first-order valence-corrected chi connectivity index (χ1v) is 24.7. The number of hydrogen-bond acceptors (Lipinski definition) is 2. The lowest BCUT2D eigenvalue weighted by Crippen LogP contribution is -2.12. The zero-order valence-corrected chi connectivity index (χ0v) is 39.8. The fraction of sp³-hybridized carbons (Fsp3) is 0. The molecule has 0 radical (unpaired) electrons. The molecule has 0 fully saturated rings. The third kappa shape index (κ3) is 8.97. The molecule has 2 heteroatoms. The quantitative estimate of drug-likeness (QED) is 0.120. The van der Waals surface area contributed by atoms with Crippen LogP contribution in [0, 0.1) is 0 Å². The predicted octanol–water partition coefficient (Wildman–Crippen LogP) is 19.8. The van der Waals surface area contributed by atoms with Crippen LogP contribution in [0.1, 0.15) is 0 Å². The van der Waals surface area contributed by atoms with Crippen LogP contribution in [0.25, 0.3) is 77.5 Å². The molecule has 12 rings (SSSR count). The van der Waals surface area contributed by atoms with E-state index in [2.05, 4.69) is 313 Å². The van der Waals surface area contributed by atoms with Crippen molar-refractivity contribution >= 4 is 44.9 Å². The molecule has 0 saturated heterocycles. The Morgan fingerprint density at radius 1 is 0.167 bits per heavy atom. The van der Waals surface area contributed by atoms with Crippen molar-refractivity contribution in [1.29, 1.82) is 0 Å². The molecular formula is C70H50N2. The van der Waals surface area contributed by atoms with Gasteiger partial charge in [0.1, 0.15) is 0 Å². The highest BCUT2D eigenvalue weighted by Gasteiger charge is 2.23. The minimum atomic E-state index is 1.07. The summed E-state index contributed by atoms with van der Waals surface area (Å²) in [6.45, 7) is 0. The molecular weight excluding hydrogens is 869 g/mol. The zero-order valence-electron chi connectivity index (χ0n) is 39.8. The maximum absolute atomic E-state index is 2.43. The number of benzene rings is 12. The van der Waals surface area contributed by atoms with Crippen LogP contribution in [-0.4, -0.2) is 0 Å². The summed E-state index contributed by atoms with van der Waals surface area (Å²) in [5.41, 5.74) is 20.5. The van der Waals surface area contributed by atoms with Crippen LogP contribution in [0.4, 0.5) is 34.1 Å². The molecule has 0 aliphatic carbocycles. The first kappa shape index (κ1) is 43.8. The van der Waals surface area contributed by atoms with Gasteiger partial charge in [-0.2, -0.15) is 0 Å². The summed E-state index contributed by atoms with van der Waals surface area (Å²) in [6.07, 6.45) is 0. The van der Waals surface area contributed by atoms with Gasteiger partial charge in [-0.05, 0) is 139 Å². The second-order valence-corrected chi connectivity index (χ2v) is 18.1. The predicted molar refractivity (Wildman–Crippen MR) is 306 cm³/mol. The molecule has 12 aromatic rings. The third-order valence-electron chi connectivity index (χ3n) is 13.7. The van der Waals surface area contributed by atoms with Crippen molar-refractivity contribution in [3.63, 3.8) is 0 Å². The molecule has 0 spiro atoms. The van der Waals surface area contributed by atoms with Crippen LogP contribution in [0.5, 0.6) is 0 Å². The van der Waals surface area contributed by atoms with E-state index < -0.39 is 0 Å². The van der Waals surface area contributed by atoms with E-state index in [1.54, 1.807) is 0 Å². The lowest BCUT2D eigenvalue weighted by atomic mass is 9.93. The lowest BCUT2D eigenvalue weighted by molar-refractivity contribution is 1.28. The summed E-state index contributed by atoms with van der Waals surface area (Å²) in [4.78, 5) is 4.85. The van der Waals surface area contributed by atoms with Gasteiger partial charge in [0, 0.05) is 33.9 Å². The average Bonchev–Trinajstić information content (AvgIpc) is 3.47. The van der Waals surface area contributed by atoms with Crippen LogP contribution in [-0.2, 0) is 0 Å². The number of fused-ring (bicyclic) bond motifs is 1. The Balaban J connectivity index is 1.08. The lowest BCUT2D eigenvalue weighted by Gasteiger charge is -2.30. The molecule has 72 heavy (non-hydrogen) atoms. The molecule has 0 heterocycles. The molecule has 2 nitrogen and oxygen atoms in total. The van der Waals surface area contributed by atoms with Crippen LogP contribution < -0.4 is 9.80 Å². The van der Waals surface area contributed by atoms with Gasteiger partial charge in [0.15, 0.2) is 0 Å². The van der Waals surface area contributed by atoms with E-state index in [9.17, 15) is 0 Å². The molecule has 0 aliphatic rings. The standard InChI is InChI=1S/C70H50N2/c1-7-19-51(20-8-1)55-31-39-63(40-32-55)71(64-41-33-56(34-42-64)52-21-9-2-10-22-52)69-49-61-48-68(60-29-17-6-18-30-60)70(50-62(61)47-67(69)59-27-15-5-16-28-59)72(65-43-35-57(36-44-65)53-23-11-3-12-24-53)66-45-37-58(38-46-66)54-25-13-4-14-26-54/h1-50H. The zero-order chi connectivity index (χ0) is 48.1. The number of hydrogen-bond donors (Lipinski definition) is 0. The van der Waals surface area contributed by atoms with Crippen molar-refractivity contribution in [2.24, 2.45) is 0 Å². The summed E-state index contributed by atoms with van der Waals surface area (Å²) < 4.78 is 0. The summed E-state index contributed by atoms with van der Waals surface area (Å²) in [6, 6.07) is 110. The van der Waals surface area contributed by atoms with Gasteiger partial charge >= 0.3 is 0 Å². The van der Waals surface area contributed by atoms with Gasteiger partial charge in [-0.25, -0.2) is 0 Å². The second-order valence-electron chi connectivity index (χ2n) is 18.1. The minimum Gasteiger partial charge on any atom is -0.310 e. The first-order chi connectivity index (χ1) is 35.7. The van der Waals surface area contributed by atoms with Crippen molar-refractivity contribution in [2.45, 2.75) is 0 Å². The Morgan fingerprint density at radius 3 is 0.583 bits per heavy atom. The van der Waals surface area contributed by atoms with Gasteiger partial charge in [-0.3, -0.25) is 0 Å². The SMILES string of the molecule is c1ccc(-c2ccc(N(c3ccc(-c4ccccc4)cc3)c3cc4cc(-c5ccccc5)c(N(c5ccc(-c6ccccc6)cc5)c5ccc(-c6ccccc6)cc5)cc4cc3-c3ccccc3)cc2)cc1. The number of anilines is 6. The van der Waals surface area contributed by atoms with Crippen LogP contribution in [0.3, 0.4) is 0 Å². The molecule has 12 aromatic carbocycles. The summed E-state index contributed by atoms with van der Waals surface area (Å²) >= 11 is 0. The van der Waals surface area contributed by atoms with Crippen LogP contribution >= 0.6 is 0 Å².